The van der Waals surface area contributed by atoms with Crippen molar-refractivity contribution < 1.29 is 0 Å². The topological polar surface area (TPSA) is 69.8 Å². The van der Waals surface area contributed by atoms with Crippen molar-refractivity contribution in [2.24, 2.45) is 4.99 Å². The molecule has 1 aliphatic carbocycles. The SMILES string of the molecule is CN=C(NCCCc1nnc2ccccn12)NC1CC(C)N(C2CC2)C1. The molecule has 7 nitrogen and oxygen atoms in total. The fraction of sp³-hybridized carbons (Fsp3) is 0.632. The van der Waals surface area contributed by atoms with E-state index in [0.29, 0.717) is 12.1 Å². The van der Waals surface area contributed by atoms with Gasteiger partial charge in [-0.2, -0.15) is 0 Å². The van der Waals surface area contributed by atoms with Crippen LogP contribution in [0.25, 0.3) is 5.65 Å². The molecule has 0 aromatic carbocycles. The van der Waals surface area contributed by atoms with E-state index < -0.39 is 0 Å². The minimum atomic E-state index is 0.497. The van der Waals surface area contributed by atoms with Gasteiger partial charge in [-0.25, -0.2) is 0 Å². The van der Waals surface area contributed by atoms with Crippen molar-refractivity contribution in [3.05, 3.63) is 30.2 Å². The number of hydrogen-bond donors (Lipinski definition) is 2. The number of aromatic nitrogens is 3. The standard InChI is InChI=1S/C19H29N7/c1-14-12-15(13-26(14)16-8-9-16)22-19(20-2)21-10-5-7-18-24-23-17-6-3-4-11-25(17)18/h3-4,6,11,14-16H,5,7-10,12-13H2,1-2H3,(H2,20,21,22). The number of aliphatic imine (C=N–C) groups is 1. The van der Waals surface area contributed by atoms with Gasteiger partial charge in [0.15, 0.2) is 11.6 Å². The van der Waals surface area contributed by atoms with Crippen LogP contribution in [0.4, 0.5) is 0 Å². The molecule has 1 aliphatic heterocycles. The fourth-order valence-corrected chi connectivity index (χ4v) is 3.98. The van der Waals surface area contributed by atoms with Crippen LogP contribution in [0.1, 0.15) is 38.4 Å². The van der Waals surface area contributed by atoms with Crippen molar-refractivity contribution in [1.82, 2.24) is 30.1 Å². The molecule has 2 aromatic heterocycles. The molecule has 4 rings (SSSR count). The Kier molecular flexibility index (Phi) is 5.06. The molecule has 2 aromatic rings. The monoisotopic (exact) mass is 355 g/mol. The predicted octanol–water partition coefficient (Wildman–Crippen LogP) is 1.45. The zero-order valence-corrected chi connectivity index (χ0v) is 15.7. The van der Waals surface area contributed by atoms with Gasteiger partial charge in [-0.1, -0.05) is 6.07 Å². The summed E-state index contributed by atoms with van der Waals surface area (Å²) in [5.74, 6) is 1.92. The number of likely N-dealkylation sites (tertiary alicyclic amines) is 1. The first-order chi connectivity index (χ1) is 12.7. The van der Waals surface area contributed by atoms with Gasteiger partial charge in [0.1, 0.15) is 5.82 Å². The molecular formula is C19H29N7. The lowest BCUT2D eigenvalue weighted by atomic mass is 10.2. The Morgan fingerprint density at radius 3 is 3.00 bits per heavy atom. The maximum absolute atomic E-state index is 4.39. The van der Waals surface area contributed by atoms with Crippen LogP contribution in [-0.2, 0) is 6.42 Å². The number of nitrogens with one attached hydrogen (secondary N) is 2. The van der Waals surface area contributed by atoms with Crippen LogP contribution in [0.15, 0.2) is 29.4 Å². The fourth-order valence-electron chi connectivity index (χ4n) is 3.98. The van der Waals surface area contributed by atoms with Gasteiger partial charge >= 0.3 is 0 Å². The number of aryl methyl sites for hydroxylation is 1. The molecule has 1 saturated carbocycles. The Balaban J connectivity index is 1.22. The molecule has 26 heavy (non-hydrogen) atoms. The minimum absolute atomic E-state index is 0.497. The Morgan fingerprint density at radius 1 is 1.31 bits per heavy atom. The molecule has 140 valence electrons. The lowest BCUT2D eigenvalue weighted by molar-refractivity contribution is 0.256. The Labute approximate surface area is 154 Å². The lowest BCUT2D eigenvalue weighted by Gasteiger charge is -2.20. The van der Waals surface area contributed by atoms with E-state index in [-0.39, 0.29) is 0 Å². The van der Waals surface area contributed by atoms with Gasteiger partial charge in [-0.3, -0.25) is 14.3 Å². The molecular weight excluding hydrogens is 326 g/mol. The van der Waals surface area contributed by atoms with Crippen molar-refractivity contribution in [3.63, 3.8) is 0 Å². The molecule has 2 atom stereocenters. The van der Waals surface area contributed by atoms with Gasteiger partial charge in [0.05, 0.1) is 0 Å². The maximum Gasteiger partial charge on any atom is 0.191 e. The van der Waals surface area contributed by atoms with Crippen LogP contribution in [-0.4, -0.2) is 63.7 Å². The summed E-state index contributed by atoms with van der Waals surface area (Å²) >= 11 is 0. The van der Waals surface area contributed by atoms with E-state index in [1.165, 1.54) is 19.3 Å². The van der Waals surface area contributed by atoms with Gasteiger partial charge in [0.2, 0.25) is 0 Å². The average molecular weight is 355 g/mol. The summed E-state index contributed by atoms with van der Waals surface area (Å²) < 4.78 is 2.06. The second-order valence-corrected chi connectivity index (χ2v) is 7.50. The second-order valence-electron chi connectivity index (χ2n) is 7.50. The first-order valence-electron chi connectivity index (χ1n) is 9.76. The summed E-state index contributed by atoms with van der Waals surface area (Å²) in [5, 5.41) is 15.5. The van der Waals surface area contributed by atoms with Crippen LogP contribution in [0, 0.1) is 0 Å². The lowest BCUT2D eigenvalue weighted by Crippen LogP contribution is -2.45. The normalized spacial score (nSPS) is 24.3. The summed E-state index contributed by atoms with van der Waals surface area (Å²) in [4.78, 5) is 7.04. The molecule has 2 unspecified atom stereocenters. The van der Waals surface area contributed by atoms with Crippen LogP contribution in [0.3, 0.4) is 0 Å². The van der Waals surface area contributed by atoms with Crippen molar-refractivity contribution >= 4 is 11.6 Å². The maximum atomic E-state index is 4.39. The van der Waals surface area contributed by atoms with E-state index >= 15 is 0 Å². The first kappa shape index (κ1) is 17.3. The zero-order chi connectivity index (χ0) is 17.9. The van der Waals surface area contributed by atoms with Gasteiger partial charge in [0.25, 0.3) is 0 Å². The van der Waals surface area contributed by atoms with E-state index in [2.05, 4.69) is 42.0 Å². The number of pyridine rings is 1. The summed E-state index contributed by atoms with van der Waals surface area (Å²) in [6.07, 6.45) is 7.85. The quantitative estimate of drug-likeness (QED) is 0.466. The van der Waals surface area contributed by atoms with Crippen molar-refractivity contribution in [2.75, 3.05) is 20.1 Å². The number of fused-ring (bicyclic) bond motifs is 1. The number of rotatable bonds is 6. The molecule has 3 heterocycles. The van der Waals surface area contributed by atoms with Gasteiger partial charge in [-0.05, 0) is 44.7 Å². The highest BCUT2D eigenvalue weighted by molar-refractivity contribution is 5.80. The third-order valence-electron chi connectivity index (χ3n) is 5.46. The highest BCUT2D eigenvalue weighted by Crippen LogP contribution is 2.33. The number of nitrogens with zero attached hydrogens (tertiary/aromatic N) is 5. The Morgan fingerprint density at radius 2 is 2.19 bits per heavy atom. The summed E-state index contributed by atoms with van der Waals surface area (Å²) in [6.45, 7) is 4.35. The summed E-state index contributed by atoms with van der Waals surface area (Å²) in [5.41, 5.74) is 0.906. The molecule has 0 radical (unpaired) electrons. The second kappa shape index (κ2) is 7.61. The molecule has 0 spiro atoms. The Hall–Kier alpha value is -2.15. The van der Waals surface area contributed by atoms with Gasteiger partial charge in [0, 0.05) is 50.9 Å². The molecule has 2 fully saturated rings. The van der Waals surface area contributed by atoms with Crippen LogP contribution < -0.4 is 10.6 Å². The van der Waals surface area contributed by atoms with E-state index in [1.807, 2.05) is 31.4 Å². The van der Waals surface area contributed by atoms with Gasteiger partial charge < -0.3 is 10.6 Å². The average Bonchev–Trinajstić information content (AvgIpc) is 3.32. The summed E-state index contributed by atoms with van der Waals surface area (Å²) in [6, 6.07) is 7.99. The smallest absolute Gasteiger partial charge is 0.191 e. The van der Waals surface area contributed by atoms with Crippen LogP contribution in [0.2, 0.25) is 0 Å². The van der Waals surface area contributed by atoms with E-state index in [9.17, 15) is 0 Å². The van der Waals surface area contributed by atoms with Crippen LogP contribution >= 0.6 is 0 Å². The third kappa shape index (κ3) is 3.82. The number of guanidine groups is 1. The highest BCUT2D eigenvalue weighted by Gasteiger charge is 2.38. The van der Waals surface area contributed by atoms with Crippen molar-refractivity contribution in [3.8, 4) is 0 Å². The molecule has 2 aliphatic rings. The molecule has 0 bridgehead atoms. The van der Waals surface area contributed by atoms with E-state index in [4.69, 9.17) is 0 Å². The van der Waals surface area contributed by atoms with Crippen molar-refractivity contribution in [1.29, 1.82) is 0 Å². The predicted molar refractivity (Wildman–Crippen MR) is 103 cm³/mol. The van der Waals surface area contributed by atoms with E-state index in [0.717, 1.165) is 49.4 Å². The van der Waals surface area contributed by atoms with E-state index in [1.54, 1.807) is 0 Å². The molecule has 0 amide bonds. The molecule has 1 saturated heterocycles. The molecule has 7 heteroatoms. The molecule has 2 N–H and O–H groups in total. The first-order valence-corrected chi connectivity index (χ1v) is 9.76. The summed E-state index contributed by atoms with van der Waals surface area (Å²) in [7, 11) is 1.85. The number of hydrogen-bond acceptors (Lipinski definition) is 4. The highest BCUT2D eigenvalue weighted by atomic mass is 15.3. The minimum Gasteiger partial charge on any atom is -0.356 e. The zero-order valence-electron chi connectivity index (χ0n) is 15.7. The Bertz CT molecular complexity index is 764. The third-order valence-corrected chi connectivity index (χ3v) is 5.46. The van der Waals surface area contributed by atoms with Crippen molar-refractivity contribution in [2.45, 2.75) is 57.2 Å². The van der Waals surface area contributed by atoms with Gasteiger partial charge in [-0.15, -0.1) is 10.2 Å². The largest absolute Gasteiger partial charge is 0.356 e. The van der Waals surface area contributed by atoms with Crippen LogP contribution in [0.5, 0.6) is 0 Å².